The van der Waals surface area contributed by atoms with E-state index in [-0.39, 0.29) is 28.2 Å². The van der Waals surface area contributed by atoms with Gasteiger partial charge in [0.1, 0.15) is 11.5 Å². The molecule has 1 aliphatic heterocycles. The van der Waals surface area contributed by atoms with E-state index in [0.717, 1.165) is 17.3 Å². The minimum atomic E-state index is -1.02. The van der Waals surface area contributed by atoms with Gasteiger partial charge >= 0.3 is 5.97 Å². The quantitative estimate of drug-likeness (QED) is 0.609. The first-order valence-corrected chi connectivity index (χ1v) is 9.56. The van der Waals surface area contributed by atoms with Gasteiger partial charge in [0, 0.05) is 11.6 Å². The molecule has 6 nitrogen and oxygen atoms in total. The van der Waals surface area contributed by atoms with Gasteiger partial charge in [0.15, 0.2) is 0 Å². The van der Waals surface area contributed by atoms with Crippen LogP contribution in [0.4, 0.5) is 4.79 Å². The fourth-order valence-electron chi connectivity index (χ4n) is 2.92. The molecule has 4 rings (SSSR count). The minimum Gasteiger partial charge on any atom is -0.478 e. The molecular weight excluding hydrogens is 390 g/mol. The zero-order valence-corrected chi connectivity index (χ0v) is 15.9. The van der Waals surface area contributed by atoms with Crippen molar-refractivity contribution in [1.82, 2.24) is 4.90 Å². The van der Waals surface area contributed by atoms with Crippen LogP contribution in [0.3, 0.4) is 0 Å². The van der Waals surface area contributed by atoms with Crippen molar-refractivity contribution in [2.45, 2.75) is 6.54 Å². The lowest BCUT2D eigenvalue weighted by Gasteiger charge is -2.11. The highest BCUT2D eigenvalue weighted by molar-refractivity contribution is 8.18. The van der Waals surface area contributed by atoms with Crippen LogP contribution in [0.25, 0.3) is 17.4 Å². The summed E-state index contributed by atoms with van der Waals surface area (Å²) in [6.07, 6.45) is 1.53. The van der Waals surface area contributed by atoms with Crippen LogP contribution in [0.15, 0.2) is 76.1 Å². The molecule has 0 unspecified atom stereocenters. The molecule has 0 saturated carbocycles. The third-order valence-corrected chi connectivity index (χ3v) is 5.26. The van der Waals surface area contributed by atoms with Crippen LogP contribution in [0.2, 0.25) is 0 Å². The number of furan rings is 1. The molecule has 1 aromatic heterocycles. The van der Waals surface area contributed by atoms with E-state index in [1.165, 1.54) is 23.1 Å². The lowest BCUT2D eigenvalue weighted by atomic mass is 10.1. The van der Waals surface area contributed by atoms with Crippen molar-refractivity contribution in [3.63, 3.8) is 0 Å². The number of carboxylic acids is 1. The fourth-order valence-corrected chi connectivity index (χ4v) is 3.74. The molecule has 3 aromatic rings. The number of imide groups is 1. The van der Waals surface area contributed by atoms with Gasteiger partial charge in [-0.3, -0.25) is 14.5 Å². The van der Waals surface area contributed by atoms with Crippen molar-refractivity contribution in [2.75, 3.05) is 0 Å². The fraction of sp³-hybridized carbons (Fsp3) is 0.0455. The first-order chi connectivity index (χ1) is 14.0. The van der Waals surface area contributed by atoms with Crippen molar-refractivity contribution in [1.29, 1.82) is 0 Å². The molecule has 1 fully saturated rings. The average molecular weight is 405 g/mol. The zero-order chi connectivity index (χ0) is 20.4. The Labute approximate surface area is 170 Å². The van der Waals surface area contributed by atoms with Crippen molar-refractivity contribution in [3.8, 4) is 11.3 Å². The van der Waals surface area contributed by atoms with Gasteiger partial charge in [-0.2, -0.15) is 0 Å². The van der Waals surface area contributed by atoms with Gasteiger partial charge in [-0.15, -0.1) is 0 Å². The molecule has 1 saturated heterocycles. The van der Waals surface area contributed by atoms with Crippen molar-refractivity contribution < 1.29 is 23.9 Å². The molecule has 29 heavy (non-hydrogen) atoms. The van der Waals surface area contributed by atoms with Crippen molar-refractivity contribution >= 4 is 35.0 Å². The van der Waals surface area contributed by atoms with E-state index in [9.17, 15) is 14.4 Å². The number of hydrogen-bond donors (Lipinski definition) is 1. The highest BCUT2D eigenvalue weighted by atomic mass is 32.2. The molecule has 7 heteroatoms. The van der Waals surface area contributed by atoms with Gasteiger partial charge in [-0.05, 0) is 41.6 Å². The maximum atomic E-state index is 12.6. The average Bonchev–Trinajstić information content (AvgIpc) is 3.29. The molecule has 2 amide bonds. The van der Waals surface area contributed by atoms with E-state index in [4.69, 9.17) is 9.52 Å². The molecule has 1 N–H and O–H groups in total. The Morgan fingerprint density at radius 2 is 1.83 bits per heavy atom. The van der Waals surface area contributed by atoms with E-state index >= 15 is 0 Å². The van der Waals surface area contributed by atoms with Gasteiger partial charge in [0.25, 0.3) is 11.1 Å². The summed E-state index contributed by atoms with van der Waals surface area (Å²) in [6.45, 7) is 0.216. The molecule has 0 atom stereocenters. The minimum absolute atomic E-state index is 0.155. The Morgan fingerprint density at radius 1 is 1.03 bits per heavy atom. The number of rotatable bonds is 5. The standard InChI is InChI=1S/C22H15NO5S/c24-20-19(29-22(27)23(20)13-14-5-2-1-3-6-14)12-17-9-10-18(28-17)15-7-4-8-16(11-15)21(25)26/h1-12H,13H2,(H,25,26). The summed E-state index contributed by atoms with van der Waals surface area (Å²) in [5, 5.41) is 8.79. The van der Waals surface area contributed by atoms with Crippen LogP contribution >= 0.6 is 11.8 Å². The van der Waals surface area contributed by atoms with Crippen LogP contribution in [0.5, 0.6) is 0 Å². The van der Waals surface area contributed by atoms with Gasteiger partial charge in [-0.1, -0.05) is 42.5 Å². The summed E-state index contributed by atoms with van der Waals surface area (Å²) in [5.41, 5.74) is 1.64. The molecule has 0 bridgehead atoms. The van der Waals surface area contributed by atoms with E-state index in [1.54, 1.807) is 24.3 Å². The maximum absolute atomic E-state index is 12.6. The van der Waals surface area contributed by atoms with Crippen LogP contribution in [-0.4, -0.2) is 27.1 Å². The van der Waals surface area contributed by atoms with E-state index in [1.807, 2.05) is 30.3 Å². The first kappa shape index (κ1) is 18.8. The van der Waals surface area contributed by atoms with Crippen LogP contribution in [-0.2, 0) is 11.3 Å². The number of benzene rings is 2. The SMILES string of the molecule is O=C(O)c1cccc(-c2ccc(C=C3SC(=O)N(Cc4ccccc4)C3=O)o2)c1. The Balaban J connectivity index is 1.55. The number of carboxylic acid groups (broad SMARTS) is 1. The lowest BCUT2D eigenvalue weighted by Crippen LogP contribution is -2.27. The van der Waals surface area contributed by atoms with E-state index < -0.39 is 5.97 Å². The molecule has 0 aliphatic carbocycles. The van der Waals surface area contributed by atoms with E-state index in [2.05, 4.69) is 0 Å². The van der Waals surface area contributed by atoms with Crippen LogP contribution in [0.1, 0.15) is 21.7 Å². The summed E-state index contributed by atoms with van der Waals surface area (Å²) < 4.78 is 5.74. The second-order valence-corrected chi connectivity index (χ2v) is 7.33. The Hall–Kier alpha value is -3.58. The third-order valence-electron chi connectivity index (χ3n) is 4.35. The highest BCUT2D eigenvalue weighted by Crippen LogP contribution is 2.34. The monoisotopic (exact) mass is 405 g/mol. The van der Waals surface area contributed by atoms with E-state index in [0.29, 0.717) is 17.1 Å². The maximum Gasteiger partial charge on any atom is 0.335 e. The third kappa shape index (κ3) is 4.00. The van der Waals surface area contributed by atoms with Crippen LogP contribution in [0, 0.1) is 0 Å². The number of carbonyl (C=O) groups is 3. The number of hydrogen-bond acceptors (Lipinski definition) is 5. The highest BCUT2D eigenvalue weighted by Gasteiger charge is 2.35. The van der Waals surface area contributed by atoms with Gasteiger partial charge in [-0.25, -0.2) is 4.79 Å². The Bertz CT molecular complexity index is 1130. The zero-order valence-electron chi connectivity index (χ0n) is 15.1. The number of amides is 2. The van der Waals surface area contributed by atoms with Crippen LogP contribution < -0.4 is 0 Å². The molecular formula is C22H15NO5S. The molecule has 0 spiro atoms. The van der Waals surface area contributed by atoms with Crippen molar-refractivity contribution in [3.05, 3.63) is 88.5 Å². The molecule has 144 valence electrons. The second kappa shape index (κ2) is 7.81. The number of nitrogens with zero attached hydrogens (tertiary/aromatic N) is 1. The normalized spacial score (nSPS) is 15.3. The molecule has 1 aliphatic rings. The predicted molar refractivity (Wildman–Crippen MR) is 109 cm³/mol. The van der Waals surface area contributed by atoms with Gasteiger partial charge in [0.2, 0.25) is 0 Å². The summed E-state index contributed by atoms with van der Waals surface area (Å²) in [7, 11) is 0. The van der Waals surface area contributed by atoms with Crippen molar-refractivity contribution in [2.24, 2.45) is 0 Å². The lowest BCUT2D eigenvalue weighted by molar-refractivity contribution is -0.123. The molecule has 2 heterocycles. The first-order valence-electron chi connectivity index (χ1n) is 8.74. The topological polar surface area (TPSA) is 87.8 Å². The summed E-state index contributed by atoms with van der Waals surface area (Å²) in [5.74, 6) is -0.505. The van der Waals surface area contributed by atoms with Gasteiger partial charge in [0.05, 0.1) is 17.0 Å². The summed E-state index contributed by atoms with van der Waals surface area (Å²) in [4.78, 5) is 37.5. The van der Waals surface area contributed by atoms with Gasteiger partial charge < -0.3 is 9.52 Å². The molecule has 0 radical (unpaired) electrons. The number of carbonyl (C=O) groups excluding carboxylic acids is 2. The summed E-state index contributed by atoms with van der Waals surface area (Å²) >= 11 is 0.868. The smallest absolute Gasteiger partial charge is 0.335 e. The Morgan fingerprint density at radius 3 is 2.59 bits per heavy atom. The predicted octanol–water partition coefficient (Wildman–Crippen LogP) is 4.88. The summed E-state index contributed by atoms with van der Waals surface area (Å²) in [6, 6.07) is 19.1. The Kier molecular flexibility index (Phi) is 5.05. The largest absolute Gasteiger partial charge is 0.478 e. The second-order valence-electron chi connectivity index (χ2n) is 6.34. The molecule has 2 aromatic carbocycles. The number of aromatic carboxylic acids is 1. The number of thioether (sulfide) groups is 1.